The first-order chi connectivity index (χ1) is 13.7. The maximum Gasteiger partial charge on any atom is 0.220 e. The summed E-state index contributed by atoms with van der Waals surface area (Å²) in [5.74, 6) is -0.0719. The second-order valence-corrected chi connectivity index (χ2v) is 8.21. The fourth-order valence-electron chi connectivity index (χ4n) is 4.65. The molecular formula is C24H29FN2O. The van der Waals surface area contributed by atoms with Crippen molar-refractivity contribution < 1.29 is 9.18 Å². The summed E-state index contributed by atoms with van der Waals surface area (Å²) in [4.78, 5) is 14.9. The molecule has 0 spiro atoms. The Morgan fingerprint density at radius 2 is 1.79 bits per heavy atom. The summed E-state index contributed by atoms with van der Waals surface area (Å²) in [6, 6.07) is 16.2. The largest absolute Gasteiger partial charge is 0.352 e. The van der Waals surface area contributed by atoms with Crippen molar-refractivity contribution in [2.75, 3.05) is 13.1 Å². The zero-order valence-electron chi connectivity index (χ0n) is 16.4. The van der Waals surface area contributed by atoms with Gasteiger partial charge in [-0.25, -0.2) is 4.39 Å². The van der Waals surface area contributed by atoms with E-state index in [4.69, 9.17) is 0 Å². The van der Waals surface area contributed by atoms with Crippen molar-refractivity contribution in [3.8, 4) is 0 Å². The third-order valence-corrected chi connectivity index (χ3v) is 6.15. The third-order valence-electron chi connectivity index (χ3n) is 6.15. The molecule has 4 heteroatoms. The summed E-state index contributed by atoms with van der Waals surface area (Å²) in [5.41, 5.74) is 4.05. The number of nitrogens with one attached hydrogen (secondary N) is 1. The van der Waals surface area contributed by atoms with Crippen LogP contribution in [0.3, 0.4) is 0 Å². The zero-order chi connectivity index (χ0) is 19.3. The van der Waals surface area contributed by atoms with Gasteiger partial charge in [0, 0.05) is 25.0 Å². The van der Waals surface area contributed by atoms with Crippen LogP contribution in [0.4, 0.5) is 4.39 Å². The summed E-state index contributed by atoms with van der Waals surface area (Å²) < 4.78 is 13.0. The van der Waals surface area contributed by atoms with E-state index in [1.807, 2.05) is 0 Å². The molecule has 1 N–H and O–H groups in total. The van der Waals surface area contributed by atoms with E-state index >= 15 is 0 Å². The van der Waals surface area contributed by atoms with E-state index in [0.717, 1.165) is 57.2 Å². The summed E-state index contributed by atoms with van der Waals surface area (Å²) in [7, 11) is 0. The number of fused-ring (bicyclic) bond motifs is 1. The molecule has 1 fully saturated rings. The first kappa shape index (κ1) is 19.1. The van der Waals surface area contributed by atoms with E-state index in [-0.39, 0.29) is 17.8 Å². The molecule has 1 aliphatic carbocycles. The molecule has 0 aromatic heterocycles. The summed E-state index contributed by atoms with van der Waals surface area (Å²) in [6.45, 7) is 2.10. The molecule has 28 heavy (non-hydrogen) atoms. The molecule has 1 aliphatic heterocycles. The molecule has 1 heterocycles. The van der Waals surface area contributed by atoms with Crippen molar-refractivity contribution >= 4 is 5.91 Å². The Morgan fingerprint density at radius 1 is 1.07 bits per heavy atom. The Hall–Kier alpha value is -2.20. The van der Waals surface area contributed by atoms with Crippen LogP contribution < -0.4 is 5.32 Å². The van der Waals surface area contributed by atoms with E-state index in [1.165, 1.54) is 23.3 Å². The Labute approximate surface area is 166 Å². The van der Waals surface area contributed by atoms with Gasteiger partial charge in [-0.2, -0.15) is 0 Å². The van der Waals surface area contributed by atoms with Gasteiger partial charge < -0.3 is 5.32 Å². The molecule has 0 bridgehead atoms. The van der Waals surface area contributed by atoms with Crippen molar-refractivity contribution in [2.24, 2.45) is 0 Å². The van der Waals surface area contributed by atoms with Crippen molar-refractivity contribution in [1.29, 1.82) is 0 Å². The maximum atomic E-state index is 13.0. The number of rotatable bonds is 6. The van der Waals surface area contributed by atoms with E-state index in [9.17, 15) is 9.18 Å². The van der Waals surface area contributed by atoms with Gasteiger partial charge in [0.2, 0.25) is 5.91 Å². The van der Waals surface area contributed by atoms with Gasteiger partial charge in [-0.15, -0.1) is 0 Å². The molecule has 1 amide bonds. The van der Waals surface area contributed by atoms with Crippen LogP contribution in [-0.4, -0.2) is 36.0 Å². The lowest BCUT2D eigenvalue weighted by atomic mass is 10.0. The minimum absolute atomic E-state index is 0.142. The summed E-state index contributed by atoms with van der Waals surface area (Å²) in [5, 5.41) is 3.25. The number of likely N-dealkylation sites (tertiary alicyclic amines) is 1. The van der Waals surface area contributed by atoms with Crippen molar-refractivity contribution in [3.63, 3.8) is 0 Å². The molecular weight excluding hydrogens is 351 g/mol. The number of aryl methyl sites for hydroxylation is 1. The fourth-order valence-corrected chi connectivity index (χ4v) is 4.65. The number of piperidine rings is 1. The van der Waals surface area contributed by atoms with Crippen LogP contribution in [0.15, 0.2) is 48.5 Å². The molecule has 2 aliphatic rings. The monoisotopic (exact) mass is 380 g/mol. The Balaban J connectivity index is 1.21. The van der Waals surface area contributed by atoms with E-state index < -0.39 is 0 Å². The number of hydrogen-bond donors (Lipinski definition) is 1. The second kappa shape index (κ2) is 8.87. The van der Waals surface area contributed by atoms with Gasteiger partial charge in [-0.1, -0.05) is 36.4 Å². The number of benzene rings is 2. The molecule has 0 unspecified atom stereocenters. The van der Waals surface area contributed by atoms with Crippen LogP contribution in [0.5, 0.6) is 0 Å². The molecule has 2 aromatic carbocycles. The highest BCUT2D eigenvalue weighted by Crippen LogP contribution is 2.27. The van der Waals surface area contributed by atoms with Crippen molar-refractivity contribution in [2.45, 2.75) is 57.0 Å². The summed E-state index contributed by atoms with van der Waals surface area (Å²) >= 11 is 0. The number of halogens is 1. The molecule has 3 nitrogen and oxygen atoms in total. The van der Waals surface area contributed by atoms with Crippen LogP contribution in [-0.2, 0) is 24.1 Å². The molecule has 2 aromatic rings. The average molecular weight is 381 g/mol. The third kappa shape index (κ3) is 4.79. The normalized spacial score (nSPS) is 20.1. The van der Waals surface area contributed by atoms with Crippen LogP contribution in [0.1, 0.15) is 42.4 Å². The lowest BCUT2D eigenvalue weighted by Gasteiger charge is -2.37. The second-order valence-electron chi connectivity index (χ2n) is 8.21. The standard InChI is InChI=1S/C24H29FN2O/c25-21-12-10-18(11-13-21)5-3-9-24(28)26-22-8-4-14-27(17-22)23-15-19-6-1-2-7-20(19)16-23/h1-2,6-7,10-13,22-23H,3-5,8-9,14-17H2,(H,26,28)/t22-/m0/s1. The quantitative estimate of drug-likeness (QED) is 0.824. The topological polar surface area (TPSA) is 32.3 Å². The average Bonchev–Trinajstić information content (AvgIpc) is 3.14. The van der Waals surface area contributed by atoms with Gasteiger partial charge in [-0.3, -0.25) is 9.69 Å². The Bertz CT molecular complexity index is 780. The molecule has 0 saturated carbocycles. The van der Waals surface area contributed by atoms with Gasteiger partial charge in [0.25, 0.3) is 0 Å². The molecule has 0 radical (unpaired) electrons. The number of carbonyl (C=O) groups excluding carboxylic acids is 1. The Kier molecular flexibility index (Phi) is 6.06. The fraction of sp³-hybridized carbons (Fsp3) is 0.458. The van der Waals surface area contributed by atoms with Gasteiger partial charge in [0.05, 0.1) is 0 Å². The number of nitrogens with zero attached hydrogens (tertiary/aromatic N) is 1. The number of amides is 1. The van der Waals surface area contributed by atoms with Crippen molar-refractivity contribution in [3.05, 3.63) is 71.0 Å². The van der Waals surface area contributed by atoms with Crippen LogP contribution in [0.25, 0.3) is 0 Å². The van der Waals surface area contributed by atoms with E-state index in [0.29, 0.717) is 12.5 Å². The highest BCUT2D eigenvalue weighted by atomic mass is 19.1. The highest BCUT2D eigenvalue weighted by molar-refractivity contribution is 5.76. The first-order valence-corrected chi connectivity index (χ1v) is 10.5. The number of carbonyl (C=O) groups is 1. The molecule has 1 atom stereocenters. The van der Waals surface area contributed by atoms with E-state index in [2.05, 4.69) is 34.5 Å². The molecule has 4 rings (SSSR count). The minimum atomic E-state index is -0.214. The molecule has 1 saturated heterocycles. The zero-order valence-corrected chi connectivity index (χ0v) is 16.4. The lowest BCUT2D eigenvalue weighted by Crippen LogP contribution is -2.51. The van der Waals surface area contributed by atoms with Gasteiger partial charge in [-0.05, 0) is 73.9 Å². The SMILES string of the molecule is O=C(CCCc1ccc(F)cc1)N[C@H]1CCCN(C2Cc3ccccc3C2)C1. The van der Waals surface area contributed by atoms with Crippen LogP contribution in [0.2, 0.25) is 0 Å². The van der Waals surface area contributed by atoms with Crippen molar-refractivity contribution in [1.82, 2.24) is 10.2 Å². The number of hydrogen-bond acceptors (Lipinski definition) is 2. The van der Waals surface area contributed by atoms with Crippen LogP contribution >= 0.6 is 0 Å². The van der Waals surface area contributed by atoms with Crippen LogP contribution in [0, 0.1) is 5.82 Å². The minimum Gasteiger partial charge on any atom is -0.352 e. The van der Waals surface area contributed by atoms with Gasteiger partial charge >= 0.3 is 0 Å². The lowest BCUT2D eigenvalue weighted by molar-refractivity contribution is -0.122. The predicted molar refractivity (Wildman–Crippen MR) is 110 cm³/mol. The Morgan fingerprint density at radius 3 is 2.50 bits per heavy atom. The van der Waals surface area contributed by atoms with E-state index in [1.54, 1.807) is 12.1 Å². The van der Waals surface area contributed by atoms with Gasteiger partial charge in [0.15, 0.2) is 0 Å². The maximum absolute atomic E-state index is 13.0. The summed E-state index contributed by atoms with van der Waals surface area (Å²) in [6.07, 6.45) is 6.62. The van der Waals surface area contributed by atoms with Gasteiger partial charge in [0.1, 0.15) is 5.82 Å². The predicted octanol–water partition coefficient (Wildman–Crippen LogP) is 3.90. The molecule has 148 valence electrons. The highest BCUT2D eigenvalue weighted by Gasteiger charge is 2.30. The smallest absolute Gasteiger partial charge is 0.220 e. The first-order valence-electron chi connectivity index (χ1n) is 10.5.